The Morgan fingerprint density at radius 2 is 2.26 bits per heavy atom. The summed E-state index contributed by atoms with van der Waals surface area (Å²) >= 11 is 1.26. The summed E-state index contributed by atoms with van der Waals surface area (Å²) in [5, 5.41) is 18.8. The van der Waals surface area contributed by atoms with Gasteiger partial charge in [-0.1, -0.05) is 12.0 Å². The van der Waals surface area contributed by atoms with Crippen LogP contribution in [0.5, 0.6) is 0 Å². The molecule has 1 aliphatic carbocycles. The minimum Gasteiger partial charge on any atom is -0.481 e. The van der Waals surface area contributed by atoms with E-state index >= 15 is 0 Å². The lowest BCUT2D eigenvalue weighted by Crippen LogP contribution is -2.17. The average molecular weight is 285 g/mol. The van der Waals surface area contributed by atoms with Crippen LogP contribution in [0.4, 0.5) is 6.01 Å². The Morgan fingerprint density at radius 1 is 1.53 bits per heavy atom. The number of aromatic nitrogens is 2. The fourth-order valence-corrected chi connectivity index (χ4v) is 2.21. The number of carboxylic acid groups (broad SMARTS) is 1. The molecule has 1 amide bonds. The zero-order valence-corrected chi connectivity index (χ0v) is 11.3. The first kappa shape index (κ1) is 13.9. The largest absolute Gasteiger partial charge is 0.481 e. The Labute approximate surface area is 114 Å². The highest BCUT2D eigenvalue weighted by atomic mass is 32.2. The van der Waals surface area contributed by atoms with Crippen LogP contribution >= 0.6 is 11.8 Å². The van der Waals surface area contributed by atoms with Crippen molar-refractivity contribution < 1.29 is 19.1 Å². The number of amides is 1. The Balaban J connectivity index is 1.69. The van der Waals surface area contributed by atoms with Gasteiger partial charge in [0.25, 0.3) is 0 Å². The summed E-state index contributed by atoms with van der Waals surface area (Å²) in [6.45, 7) is 1.60. The van der Waals surface area contributed by atoms with E-state index in [2.05, 4.69) is 15.5 Å². The van der Waals surface area contributed by atoms with Crippen molar-refractivity contribution in [3.05, 3.63) is 5.89 Å². The predicted molar refractivity (Wildman–Crippen MR) is 69.0 cm³/mol. The molecule has 1 unspecified atom stereocenters. The van der Waals surface area contributed by atoms with Gasteiger partial charge in [0.2, 0.25) is 11.8 Å². The zero-order valence-electron chi connectivity index (χ0n) is 10.5. The Hall–Kier alpha value is -1.57. The van der Waals surface area contributed by atoms with E-state index in [1.54, 1.807) is 6.92 Å². The maximum Gasteiger partial charge on any atom is 0.322 e. The number of carboxylic acids is 1. The second kappa shape index (κ2) is 6.05. The Bertz CT molecular complexity index is 472. The van der Waals surface area contributed by atoms with Gasteiger partial charge in [-0.15, -0.1) is 5.10 Å². The zero-order chi connectivity index (χ0) is 13.8. The SMILES string of the molecule is CC(CSCC(=O)Nc1nnc(C2CC2)o1)C(=O)O. The number of hydrogen-bond acceptors (Lipinski definition) is 6. The van der Waals surface area contributed by atoms with Crippen molar-refractivity contribution in [2.24, 2.45) is 5.92 Å². The molecule has 1 aromatic heterocycles. The first-order valence-corrected chi connectivity index (χ1v) is 7.15. The maximum absolute atomic E-state index is 11.6. The molecule has 0 spiro atoms. The molecule has 1 saturated carbocycles. The highest BCUT2D eigenvalue weighted by molar-refractivity contribution is 8.00. The summed E-state index contributed by atoms with van der Waals surface area (Å²) in [4.78, 5) is 22.1. The molecule has 0 aromatic carbocycles. The normalized spacial score (nSPS) is 16.1. The van der Waals surface area contributed by atoms with E-state index in [0.29, 0.717) is 17.6 Å². The fourth-order valence-electron chi connectivity index (χ4n) is 1.34. The highest BCUT2D eigenvalue weighted by Crippen LogP contribution is 2.39. The molecule has 104 valence electrons. The van der Waals surface area contributed by atoms with Crippen LogP contribution in [0, 0.1) is 5.92 Å². The summed E-state index contributed by atoms with van der Waals surface area (Å²) in [5.41, 5.74) is 0. The third-order valence-electron chi connectivity index (χ3n) is 2.64. The van der Waals surface area contributed by atoms with Gasteiger partial charge < -0.3 is 9.52 Å². The third-order valence-corrected chi connectivity index (χ3v) is 3.84. The molecule has 1 atom stereocenters. The van der Waals surface area contributed by atoms with Crippen LogP contribution in [0.1, 0.15) is 31.6 Å². The van der Waals surface area contributed by atoms with Crippen molar-refractivity contribution in [3.8, 4) is 0 Å². The van der Waals surface area contributed by atoms with Crippen molar-refractivity contribution >= 4 is 29.7 Å². The van der Waals surface area contributed by atoms with E-state index in [4.69, 9.17) is 9.52 Å². The molecule has 8 heteroatoms. The van der Waals surface area contributed by atoms with Gasteiger partial charge in [-0.3, -0.25) is 14.9 Å². The van der Waals surface area contributed by atoms with E-state index in [-0.39, 0.29) is 17.7 Å². The number of hydrogen-bond donors (Lipinski definition) is 2. The summed E-state index contributed by atoms with van der Waals surface area (Å²) in [7, 11) is 0. The van der Waals surface area contributed by atoms with Crippen LogP contribution in [-0.2, 0) is 9.59 Å². The molecule has 1 aromatic rings. The van der Waals surface area contributed by atoms with Gasteiger partial charge in [0.15, 0.2) is 0 Å². The number of carbonyl (C=O) groups is 2. The standard InChI is InChI=1S/C11H15N3O4S/c1-6(10(16)17)4-19-5-8(15)12-11-14-13-9(18-11)7-2-3-7/h6-7H,2-5H2,1H3,(H,16,17)(H,12,14,15). The number of nitrogens with one attached hydrogen (secondary N) is 1. The molecule has 0 saturated heterocycles. The maximum atomic E-state index is 11.6. The highest BCUT2D eigenvalue weighted by Gasteiger charge is 2.29. The minimum atomic E-state index is -0.862. The van der Waals surface area contributed by atoms with Crippen LogP contribution in [0.15, 0.2) is 4.42 Å². The lowest BCUT2D eigenvalue weighted by Gasteiger charge is -2.04. The quantitative estimate of drug-likeness (QED) is 0.778. The number of thioether (sulfide) groups is 1. The lowest BCUT2D eigenvalue weighted by molar-refractivity contribution is -0.140. The molecule has 2 N–H and O–H groups in total. The lowest BCUT2D eigenvalue weighted by atomic mass is 10.2. The van der Waals surface area contributed by atoms with E-state index < -0.39 is 11.9 Å². The van der Waals surface area contributed by atoms with E-state index in [9.17, 15) is 9.59 Å². The number of anilines is 1. The van der Waals surface area contributed by atoms with E-state index in [1.807, 2.05) is 0 Å². The molecule has 0 bridgehead atoms. The molecule has 1 heterocycles. The van der Waals surface area contributed by atoms with Gasteiger partial charge in [0, 0.05) is 11.7 Å². The third kappa shape index (κ3) is 4.23. The predicted octanol–water partition coefficient (Wildman–Crippen LogP) is 1.34. The van der Waals surface area contributed by atoms with Crippen LogP contribution in [-0.4, -0.2) is 38.7 Å². The monoisotopic (exact) mass is 285 g/mol. The first-order chi connectivity index (χ1) is 9.06. The first-order valence-electron chi connectivity index (χ1n) is 6.00. The molecule has 1 aliphatic rings. The molecular formula is C11H15N3O4S. The smallest absolute Gasteiger partial charge is 0.322 e. The average Bonchev–Trinajstić information content (AvgIpc) is 3.10. The van der Waals surface area contributed by atoms with Crippen LogP contribution in [0.3, 0.4) is 0 Å². The molecule has 0 aliphatic heterocycles. The summed E-state index contributed by atoms with van der Waals surface area (Å²) < 4.78 is 5.29. The minimum absolute atomic E-state index is 0.110. The number of nitrogens with zero attached hydrogens (tertiary/aromatic N) is 2. The van der Waals surface area contributed by atoms with E-state index in [0.717, 1.165) is 12.8 Å². The fraction of sp³-hybridized carbons (Fsp3) is 0.636. The van der Waals surface area contributed by atoms with Gasteiger partial charge in [0.05, 0.1) is 11.7 Å². The van der Waals surface area contributed by atoms with Crippen molar-refractivity contribution in [2.75, 3.05) is 16.8 Å². The van der Waals surface area contributed by atoms with Crippen LogP contribution < -0.4 is 5.32 Å². The van der Waals surface area contributed by atoms with Crippen molar-refractivity contribution in [2.45, 2.75) is 25.7 Å². The van der Waals surface area contributed by atoms with Gasteiger partial charge in [-0.2, -0.15) is 11.8 Å². The summed E-state index contributed by atoms with van der Waals surface area (Å²) in [5.74, 6) is -0.125. The second-order valence-corrected chi connectivity index (χ2v) is 5.55. The topological polar surface area (TPSA) is 105 Å². The molecule has 1 fully saturated rings. The number of rotatable bonds is 7. The Kier molecular flexibility index (Phi) is 4.41. The van der Waals surface area contributed by atoms with Gasteiger partial charge in [0.1, 0.15) is 0 Å². The molecule has 2 rings (SSSR count). The Morgan fingerprint density at radius 3 is 2.89 bits per heavy atom. The summed E-state index contributed by atoms with van der Waals surface area (Å²) in [6, 6.07) is 0.110. The molecule has 0 radical (unpaired) electrons. The molecule has 7 nitrogen and oxygen atoms in total. The van der Waals surface area contributed by atoms with Crippen LogP contribution in [0.2, 0.25) is 0 Å². The second-order valence-electron chi connectivity index (χ2n) is 4.52. The van der Waals surface area contributed by atoms with Crippen molar-refractivity contribution in [3.63, 3.8) is 0 Å². The van der Waals surface area contributed by atoms with Crippen molar-refractivity contribution in [1.29, 1.82) is 0 Å². The number of aliphatic carboxylic acids is 1. The molecule has 19 heavy (non-hydrogen) atoms. The van der Waals surface area contributed by atoms with Gasteiger partial charge in [-0.25, -0.2) is 0 Å². The van der Waals surface area contributed by atoms with Gasteiger partial charge >= 0.3 is 12.0 Å². The van der Waals surface area contributed by atoms with Gasteiger partial charge in [-0.05, 0) is 12.8 Å². The summed E-state index contributed by atoms with van der Waals surface area (Å²) in [6.07, 6.45) is 2.11. The number of carbonyl (C=O) groups excluding carboxylic acids is 1. The van der Waals surface area contributed by atoms with E-state index in [1.165, 1.54) is 11.8 Å². The van der Waals surface area contributed by atoms with Crippen LogP contribution in [0.25, 0.3) is 0 Å². The molecular weight excluding hydrogens is 270 g/mol. The van der Waals surface area contributed by atoms with Crippen molar-refractivity contribution in [1.82, 2.24) is 10.2 Å².